The minimum atomic E-state index is -0.457. The molecule has 0 aliphatic carbocycles. The standard InChI is InChI=1S/C21H19FN2O2/c22-16-8-10-17(11-9-16)24(18-12-13-23-14-18)21(25)26-20-7-3-5-15-4-1-2-6-19(15)20/h1-11,18,23H,12-14H2. The third-order valence-corrected chi connectivity index (χ3v) is 4.65. The SMILES string of the molecule is O=C(Oc1cccc2ccccc12)N(c1ccc(F)cc1)C1CCNC1. The minimum Gasteiger partial charge on any atom is -0.409 e. The van der Waals surface area contributed by atoms with E-state index in [2.05, 4.69) is 5.32 Å². The zero-order valence-corrected chi connectivity index (χ0v) is 14.2. The lowest BCUT2D eigenvalue weighted by atomic mass is 10.1. The van der Waals surface area contributed by atoms with Crippen molar-refractivity contribution in [2.75, 3.05) is 18.0 Å². The second-order valence-corrected chi connectivity index (χ2v) is 6.34. The van der Waals surface area contributed by atoms with Crippen LogP contribution in [0.3, 0.4) is 0 Å². The highest BCUT2D eigenvalue weighted by molar-refractivity contribution is 5.94. The number of anilines is 1. The Bertz CT molecular complexity index is 915. The lowest BCUT2D eigenvalue weighted by Crippen LogP contribution is -2.43. The summed E-state index contributed by atoms with van der Waals surface area (Å²) in [4.78, 5) is 14.6. The summed E-state index contributed by atoms with van der Waals surface area (Å²) in [6.45, 7) is 1.52. The average molecular weight is 350 g/mol. The summed E-state index contributed by atoms with van der Waals surface area (Å²) in [5.74, 6) is 0.187. The van der Waals surface area contributed by atoms with Gasteiger partial charge in [0.1, 0.15) is 11.6 Å². The van der Waals surface area contributed by atoms with Crippen LogP contribution >= 0.6 is 0 Å². The lowest BCUT2D eigenvalue weighted by molar-refractivity contribution is 0.206. The Hall–Kier alpha value is -2.92. The number of rotatable bonds is 3. The van der Waals surface area contributed by atoms with Crippen molar-refractivity contribution in [2.24, 2.45) is 0 Å². The van der Waals surface area contributed by atoms with Crippen LogP contribution in [0.1, 0.15) is 6.42 Å². The molecule has 1 N–H and O–H groups in total. The second kappa shape index (κ2) is 7.14. The Labute approximate surface area is 151 Å². The molecule has 5 heteroatoms. The molecule has 4 rings (SSSR count). The van der Waals surface area contributed by atoms with Crippen LogP contribution in [-0.2, 0) is 0 Å². The molecule has 0 bridgehead atoms. The predicted octanol–water partition coefficient (Wildman–Crippen LogP) is 4.35. The van der Waals surface area contributed by atoms with E-state index in [-0.39, 0.29) is 11.9 Å². The highest BCUT2D eigenvalue weighted by atomic mass is 19.1. The first kappa shape index (κ1) is 16.5. The maximum atomic E-state index is 13.3. The van der Waals surface area contributed by atoms with Gasteiger partial charge < -0.3 is 10.1 Å². The largest absolute Gasteiger partial charge is 0.420 e. The van der Waals surface area contributed by atoms with E-state index in [1.165, 1.54) is 12.1 Å². The second-order valence-electron chi connectivity index (χ2n) is 6.34. The Morgan fingerprint density at radius 2 is 1.81 bits per heavy atom. The number of benzene rings is 3. The maximum absolute atomic E-state index is 13.3. The lowest BCUT2D eigenvalue weighted by Gasteiger charge is -2.28. The van der Waals surface area contributed by atoms with Crippen LogP contribution in [0.15, 0.2) is 66.7 Å². The van der Waals surface area contributed by atoms with Crippen molar-refractivity contribution in [1.82, 2.24) is 5.32 Å². The number of hydrogen-bond acceptors (Lipinski definition) is 3. The number of amides is 1. The van der Waals surface area contributed by atoms with E-state index >= 15 is 0 Å². The molecule has 0 spiro atoms. The third kappa shape index (κ3) is 3.26. The minimum absolute atomic E-state index is 0.0251. The van der Waals surface area contributed by atoms with Crippen molar-refractivity contribution in [1.29, 1.82) is 0 Å². The number of carbonyl (C=O) groups excluding carboxylic acids is 1. The highest BCUT2D eigenvalue weighted by Crippen LogP contribution is 2.28. The molecule has 1 unspecified atom stereocenters. The zero-order chi connectivity index (χ0) is 17.9. The van der Waals surface area contributed by atoms with E-state index < -0.39 is 6.09 Å². The molecule has 26 heavy (non-hydrogen) atoms. The van der Waals surface area contributed by atoms with Crippen LogP contribution in [0.5, 0.6) is 5.75 Å². The summed E-state index contributed by atoms with van der Waals surface area (Å²) < 4.78 is 19.1. The highest BCUT2D eigenvalue weighted by Gasteiger charge is 2.29. The van der Waals surface area contributed by atoms with Gasteiger partial charge in [-0.25, -0.2) is 9.18 Å². The monoisotopic (exact) mass is 350 g/mol. The van der Waals surface area contributed by atoms with Crippen molar-refractivity contribution in [3.05, 3.63) is 72.5 Å². The summed E-state index contributed by atoms with van der Waals surface area (Å²) in [6, 6.07) is 19.3. The third-order valence-electron chi connectivity index (χ3n) is 4.65. The summed E-state index contributed by atoms with van der Waals surface area (Å²) in [5, 5.41) is 5.15. The van der Waals surface area contributed by atoms with Gasteiger partial charge in [0.15, 0.2) is 0 Å². The van der Waals surface area contributed by atoms with E-state index in [9.17, 15) is 9.18 Å². The number of fused-ring (bicyclic) bond motifs is 1. The Morgan fingerprint density at radius 1 is 1.04 bits per heavy atom. The fraction of sp³-hybridized carbons (Fsp3) is 0.190. The van der Waals surface area contributed by atoms with Gasteiger partial charge in [0.2, 0.25) is 0 Å². The Balaban J connectivity index is 1.66. The van der Waals surface area contributed by atoms with Crippen LogP contribution < -0.4 is 15.0 Å². The number of nitrogens with one attached hydrogen (secondary N) is 1. The Kier molecular flexibility index (Phi) is 4.54. The molecule has 1 aliphatic heterocycles. The van der Waals surface area contributed by atoms with Gasteiger partial charge in [0.25, 0.3) is 0 Å². The van der Waals surface area contributed by atoms with Crippen molar-refractivity contribution < 1.29 is 13.9 Å². The molecule has 1 amide bonds. The molecule has 1 saturated heterocycles. The summed E-state index contributed by atoms with van der Waals surface area (Å²) in [6.07, 6.45) is 0.365. The molecule has 0 radical (unpaired) electrons. The number of hydrogen-bond donors (Lipinski definition) is 1. The zero-order valence-electron chi connectivity index (χ0n) is 14.2. The molecule has 1 aliphatic rings. The van der Waals surface area contributed by atoms with E-state index in [0.717, 1.165) is 23.7 Å². The molecule has 1 fully saturated rings. The smallest absolute Gasteiger partial charge is 0.409 e. The summed E-state index contributed by atoms with van der Waals surface area (Å²) >= 11 is 0. The van der Waals surface area contributed by atoms with E-state index in [1.54, 1.807) is 23.1 Å². The molecule has 3 aromatic rings. The van der Waals surface area contributed by atoms with Crippen LogP contribution in [0.2, 0.25) is 0 Å². The van der Waals surface area contributed by atoms with E-state index in [4.69, 9.17) is 4.74 Å². The number of nitrogens with zero attached hydrogens (tertiary/aromatic N) is 1. The normalized spacial score (nSPS) is 16.6. The molecule has 0 aromatic heterocycles. The fourth-order valence-electron chi connectivity index (χ4n) is 3.35. The van der Waals surface area contributed by atoms with Gasteiger partial charge >= 0.3 is 6.09 Å². The summed E-state index contributed by atoms with van der Waals surface area (Å²) in [7, 11) is 0. The first-order chi connectivity index (χ1) is 12.7. The number of halogens is 1. The maximum Gasteiger partial charge on any atom is 0.420 e. The fourth-order valence-corrected chi connectivity index (χ4v) is 3.35. The van der Waals surface area contributed by atoms with Crippen LogP contribution in [0, 0.1) is 5.82 Å². The Morgan fingerprint density at radius 3 is 2.58 bits per heavy atom. The first-order valence-electron chi connectivity index (χ1n) is 8.67. The van der Waals surface area contributed by atoms with Gasteiger partial charge in [-0.05, 0) is 48.7 Å². The van der Waals surface area contributed by atoms with Crippen molar-refractivity contribution in [3.63, 3.8) is 0 Å². The molecule has 1 atom stereocenters. The number of ether oxygens (including phenoxy) is 1. The average Bonchev–Trinajstić information content (AvgIpc) is 3.18. The molecule has 0 saturated carbocycles. The van der Waals surface area contributed by atoms with Crippen LogP contribution in [0.4, 0.5) is 14.9 Å². The van der Waals surface area contributed by atoms with Gasteiger partial charge in [-0.1, -0.05) is 36.4 Å². The molecule has 3 aromatic carbocycles. The van der Waals surface area contributed by atoms with Crippen LogP contribution in [0.25, 0.3) is 10.8 Å². The number of carbonyl (C=O) groups is 1. The summed E-state index contributed by atoms with van der Waals surface area (Å²) in [5.41, 5.74) is 0.630. The van der Waals surface area contributed by atoms with Gasteiger partial charge in [0.05, 0.1) is 6.04 Å². The molecule has 132 valence electrons. The predicted molar refractivity (Wildman–Crippen MR) is 100 cm³/mol. The molecular formula is C21H19FN2O2. The molecular weight excluding hydrogens is 331 g/mol. The van der Waals surface area contributed by atoms with Gasteiger partial charge in [-0.3, -0.25) is 4.90 Å². The van der Waals surface area contributed by atoms with Gasteiger partial charge in [-0.15, -0.1) is 0 Å². The van der Waals surface area contributed by atoms with E-state index in [0.29, 0.717) is 18.0 Å². The topological polar surface area (TPSA) is 41.6 Å². The quantitative estimate of drug-likeness (QED) is 0.764. The van der Waals surface area contributed by atoms with Gasteiger partial charge in [-0.2, -0.15) is 0 Å². The van der Waals surface area contributed by atoms with Crippen molar-refractivity contribution in [2.45, 2.75) is 12.5 Å². The van der Waals surface area contributed by atoms with E-state index in [1.807, 2.05) is 36.4 Å². The van der Waals surface area contributed by atoms with Crippen molar-refractivity contribution in [3.8, 4) is 5.75 Å². The first-order valence-corrected chi connectivity index (χ1v) is 8.67. The molecule has 4 nitrogen and oxygen atoms in total. The molecule has 1 heterocycles. The van der Waals surface area contributed by atoms with Crippen LogP contribution in [-0.4, -0.2) is 25.2 Å². The van der Waals surface area contributed by atoms with Gasteiger partial charge in [0, 0.05) is 17.6 Å². The van der Waals surface area contributed by atoms with Crippen molar-refractivity contribution >= 4 is 22.6 Å².